The molecule has 5 rings (SSSR count). The summed E-state index contributed by atoms with van der Waals surface area (Å²) in [6, 6.07) is 13.7. The maximum atomic E-state index is 13.2. The molecule has 3 aliphatic rings. The van der Waals surface area contributed by atoms with Crippen LogP contribution in [0.25, 0.3) is 0 Å². The molecule has 2 aliphatic carbocycles. The molecule has 3 fully saturated rings. The molecule has 0 aromatic heterocycles. The minimum Gasteiger partial charge on any atom is -0.497 e. The Hall–Kier alpha value is -2.19. The van der Waals surface area contributed by atoms with Gasteiger partial charge in [0.1, 0.15) is 5.75 Å². The maximum absolute atomic E-state index is 13.2. The van der Waals surface area contributed by atoms with Crippen molar-refractivity contribution in [2.24, 2.45) is 23.7 Å². The lowest BCUT2D eigenvalue weighted by Crippen LogP contribution is -2.37. The van der Waals surface area contributed by atoms with Crippen LogP contribution in [-0.2, 0) is 9.59 Å². The average Bonchev–Trinajstić information content (AvgIpc) is 3.38. The molecular weight excluding hydrogens is 528 g/mol. The molecule has 0 radical (unpaired) electrons. The lowest BCUT2D eigenvalue weighted by atomic mass is 9.81. The zero-order valence-corrected chi connectivity index (χ0v) is 19.8. The van der Waals surface area contributed by atoms with Gasteiger partial charge in [-0.2, -0.15) is 0 Å². The predicted molar refractivity (Wildman–Crippen MR) is 124 cm³/mol. The summed E-state index contributed by atoms with van der Waals surface area (Å²) in [5.41, 5.74) is 1.41. The van der Waals surface area contributed by atoms with Gasteiger partial charge in [-0.05, 0) is 48.6 Å². The van der Waals surface area contributed by atoms with Crippen molar-refractivity contribution in [1.82, 2.24) is 0 Å². The van der Waals surface area contributed by atoms with Crippen LogP contribution in [0.1, 0.15) is 16.8 Å². The van der Waals surface area contributed by atoms with E-state index in [0.717, 1.165) is 6.42 Å². The number of amides is 3. The van der Waals surface area contributed by atoms with Crippen LogP contribution in [0.4, 0.5) is 11.4 Å². The third kappa shape index (κ3) is 3.22. The van der Waals surface area contributed by atoms with E-state index in [-0.39, 0.29) is 51.0 Å². The molecule has 6 atom stereocenters. The van der Waals surface area contributed by atoms with E-state index in [4.69, 9.17) is 4.74 Å². The molecule has 2 saturated carbocycles. The van der Waals surface area contributed by atoms with E-state index in [1.807, 2.05) is 0 Å². The van der Waals surface area contributed by atoms with E-state index in [1.54, 1.807) is 55.6 Å². The molecule has 1 aliphatic heterocycles. The number of fused-ring (bicyclic) bond motifs is 5. The van der Waals surface area contributed by atoms with Crippen molar-refractivity contribution in [3.63, 3.8) is 0 Å². The fourth-order valence-corrected chi connectivity index (χ4v) is 7.17. The number of anilines is 2. The van der Waals surface area contributed by atoms with Gasteiger partial charge in [0.2, 0.25) is 11.8 Å². The molecule has 6 nitrogen and oxygen atoms in total. The highest BCUT2D eigenvalue weighted by Crippen LogP contribution is 2.60. The number of alkyl halides is 2. The number of hydrogen-bond acceptors (Lipinski definition) is 4. The van der Waals surface area contributed by atoms with Gasteiger partial charge in [0.05, 0.1) is 24.6 Å². The number of carbonyl (C=O) groups is 3. The van der Waals surface area contributed by atoms with Gasteiger partial charge in [0, 0.05) is 27.0 Å². The third-order valence-electron chi connectivity index (χ3n) is 6.68. The van der Waals surface area contributed by atoms with Gasteiger partial charge in [-0.25, -0.2) is 0 Å². The van der Waals surface area contributed by atoms with Crippen LogP contribution in [0.2, 0.25) is 0 Å². The average molecular weight is 548 g/mol. The Morgan fingerprint density at radius 1 is 1.00 bits per heavy atom. The second-order valence-corrected chi connectivity index (χ2v) is 10.4. The quantitative estimate of drug-likeness (QED) is 0.459. The van der Waals surface area contributed by atoms with Crippen molar-refractivity contribution >= 4 is 61.0 Å². The van der Waals surface area contributed by atoms with Crippen LogP contribution in [0.5, 0.6) is 5.75 Å². The first-order valence-electron chi connectivity index (χ1n) is 10.1. The maximum Gasteiger partial charge on any atom is 0.255 e. The number of methoxy groups -OCH3 is 1. The molecule has 2 aromatic rings. The van der Waals surface area contributed by atoms with Gasteiger partial charge in [-0.3, -0.25) is 19.3 Å². The van der Waals surface area contributed by atoms with Crippen LogP contribution in [0.15, 0.2) is 48.5 Å². The number of carbonyl (C=O) groups excluding carboxylic acids is 3. The van der Waals surface area contributed by atoms with Gasteiger partial charge in [0.25, 0.3) is 5.91 Å². The minimum absolute atomic E-state index is 0.153. The van der Waals surface area contributed by atoms with Crippen molar-refractivity contribution in [1.29, 1.82) is 0 Å². The summed E-state index contributed by atoms with van der Waals surface area (Å²) in [6.07, 6.45) is 0.884. The molecule has 2 bridgehead atoms. The molecule has 3 amide bonds. The molecule has 0 unspecified atom stereocenters. The predicted octanol–water partition coefficient (Wildman–Crippen LogP) is 4.23. The largest absolute Gasteiger partial charge is 0.497 e. The highest BCUT2D eigenvalue weighted by Gasteiger charge is 2.66. The molecule has 0 spiro atoms. The molecule has 2 aromatic carbocycles. The van der Waals surface area contributed by atoms with Gasteiger partial charge < -0.3 is 10.1 Å². The van der Waals surface area contributed by atoms with Gasteiger partial charge >= 0.3 is 0 Å². The molecular formula is C23H20Br2N2O4. The summed E-state index contributed by atoms with van der Waals surface area (Å²) < 4.78 is 5.19. The van der Waals surface area contributed by atoms with E-state index >= 15 is 0 Å². The van der Waals surface area contributed by atoms with Crippen molar-refractivity contribution < 1.29 is 19.1 Å². The van der Waals surface area contributed by atoms with Crippen LogP contribution < -0.4 is 15.0 Å². The zero-order chi connectivity index (χ0) is 21.9. The van der Waals surface area contributed by atoms with E-state index in [0.29, 0.717) is 22.7 Å². The van der Waals surface area contributed by atoms with E-state index < -0.39 is 0 Å². The van der Waals surface area contributed by atoms with Crippen molar-refractivity contribution in [3.05, 3.63) is 54.1 Å². The highest BCUT2D eigenvalue weighted by molar-refractivity contribution is 9.12. The lowest BCUT2D eigenvalue weighted by Gasteiger charge is -2.28. The highest BCUT2D eigenvalue weighted by atomic mass is 79.9. The number of imide groups is 1. The number of rotatable bonds is 4. The fourth-order valence-electron chi connectivity index (χ4n) is 5.29. The van der Waals surface area contributed by atoms with Gasteiger partial charge in [0.15, 0.2) is 0 Å². The number of halogens is 2. The lowest BCUT2D eigenvalue weighted by molar-refractivity contribution is -0.123. The standard InChI is InChI=1S/C23H20Br2N2O4/c1-31-14-7-3-5-12(9-14)26-21(28)11-4-2-6-13(8-11)27-22(29)17-15-10-16(18(17)23(27)30)20(25)19(15)24/h2-9,15-20H,10H2,1H3,(H,26,28)/t15-,16-,17-,18+,19+,20+/m1/s1. The summed E-state index contributed by atoms with van der Waals surface area (Å²) in [6.45, 7) is 0. The normalized spacial score (nSPS) is 31.1. The molecule has 8 heteroatoms. The number of benzene rings is 2. The first-order valence-corrected chi connectivity index (χ1v) is 11.9. The summed E-state index contributed by atoms with van der Waals surface area (Å²) in [7, 11) is 1.56. The number of ether oxygens (including phenoxy) is 1. The smallest absolute Gasteiger partial charge is 0.255 e. The van der Waals surface area contributed by atoms with E-state index in [9.17, 15) is 14.4 Å². The number of nitrogens with zero attached hydrogens (tertiary/aromatic N) is 1. The Morgan fingerprint density at radius 3 is 2.29 bits per heavy atom. The van der Waals surface area contributed by atoms with Gasteiger partial charge in [-0.15, -0.1) is 0 Å². The van der Waals surface area contributed by atoms with E-state index in [1.165, 1.54) is 4.90 Å². The number of nitrogens with one attached hydrogen (secondary N) is 1. The van der Waals surface area contributed by atoms with Crippen LogP contribution in [0.3, 0.4) is 0 Å². The van der Waals surface area contributed by atoms with Crippen molar-refractivity contribution in [2.45, 2.75) is 16.1 Å². The van der Waals surface area contributed by atoms with Crippen LogP contribution in [0, 0.1) is 23.7 Å². The minimum atomic E-state index is -0.324. The Labute approximate surface area is 196 Å². The van der Waals surface area contributed by atoms with E-state index in [2.05, 4.69) is 37.2 Å². The topological polar surface area (TPSA) is 75.7 Å². The molecule has 160 valence electrons. The summed E-state index contributed by atoms with van der Waals surface area (Å²) in [5, 5.41) is 2.83. The fraction of sp³-hybridized carbons (Fsp3) is 0.348. The molecule has 1 N–H and O–H groups in total. The SMILES string of the molecule is COc1cccc(NC(=O)c2cccc(N3C(=O)[C@@H]4[C@H]5C[C@@H]([C@H](Br)[C@H]5Br)[C@@H]4C3=O)c2)c1. The van der Waals surface area contributed by atoms with Crippen molar-refractivity contribution in [2.75, 3.05) is 17.3 Å². The Kier molecular flexibility index (Phi) is 5.17. The molecule has 1 heterocycles. The molecule has 31 heavy (non-hydrogen) atoms. The summed E-state index contributed by atoms with van der Waals surface area (Å²) in [5.74, 6) is -0.268. The third-order valence-corrected chi connectivity index (χ3v) is 9.89. The van der Waals surface area contributed by atoms with Crippen LogP contribution >= 0.6 is 31.9 Å². The Morgan fingerprint density at radius 2 is 1.65 bits per heavy atom. The second-order valence-electron chi connectivity index (χ2n) is 8.25. The first kappa shape index (κ1) is 20.7. The number of hydrogen-bond donors (Lipinski definition) is 1. The van der Waals surface area contributed by atoms with Crippen LogP contribution in [-0.4, -0.2) is 34.5 Å². The van der Waals surface area contributed by atoms with Crippen molar-refractivity contribution in [3.8, 4) is 5.75 Å². The zero-order valence-electron chi connectivity index (χ0n) is 16.6. The molecule has 1 saturated heterocycles. The second kappa shape index (κ2) is 7.74. The Balaban J connectivity index is 1.40. The monoisotopic (exact) mass is 546 g/mol. The summed E-state index contributed by atoms with van der Waals surface area (Å²) >= 11 is 7.40. The first-order chi connectivity index (χ1) is 14.9. The summed E-state index contributed by atoms with van der Waals surface area (Å²) in [4.78, 5) is 40.9. The van der Waals surface area contributed by atoms with Gasteiger partial charge in [-0.1, -0.05) is 44.0 Å². The Bertz CT molecular complexity index is 1060.